The minimum absolute atomic E-state index is 0.349. The molecule has 0 saturated heterocycles. The summed E-state index contributed by atoms with van der Waals surface area (Å²) in [5.41, 5.74) is 0. The van der Waals surface area contributed by atoms with Crippen LogP contribution in [-0.4, -0.2) is 47.2 Å². The van der Waals surface area contributed by atoms with Gasteiger partial charge in [0.15, 0.2) is 15.4 Å². The molecule has 2 N–H and O–H groups in total. The third-order valence-electron chi connectivity index (χ3n) is 2.26. The zero-order valence-electron chi connectivity index (χ0n) is 11.4. The van der Waals surface area contributed by atoms with Crippen molar-refractivity contribution in [3.8, 4) is 0 Å². The number of thiocarbonyl (C=S) groups is 1. The van der Waals surface area contributed by atoms with Crippen molar-refractivity contribution in [2.75, 3.05) is 23.1 Å². The van der Waals surface area contributed by atoms with Gasteiger partial charge in [-0.3, -0.25) is 10.6 Å². The maximum Gasteiger partial charge on any atom is 0.249 e. The zero-order valence-corrected chi connectivity index (χ0v) is 13.9. The van der Waals surface area contributed by atoms with Gasteiger partial charge in [-0.25, -0.2) is 9.36 Å². The van der Waals surface area contributed by atoms with E-state index in [4.69, 9.17) is 12.2 Å². The van der Waals surface area contributed by atoms with Gasteiger partial charge in [0, 0.05) is 14.1 Å². The summed E-state index contributed by atoms with van der Waals surface area (Å²) in [5.74, 6) is 0.880. The van der Waals surface area contributed by atoms with E-state index in [9.17, 15) is 0 Å². The van der Waals surface area contributed by atoms with E-state index in [1.807, 2.05) is 26.6 Å². The Bertz CT molecular complexity index is 566. The fraction of sp³-hybridized carbons (Fsp3) is 0.444. The number of aryl methyl sites for hydroxylation is 2. The van der Waals surface area contributed by atoms with Crippen molar-refractivity contribution in [2.24, 2.45) is 14.1 Å². The van der Waals surface area contributed by atoms with Crippen LogP contribution in [0.2, 0.25) is 0 Å². The van der Waals surface area contributed by atoms with Crippen molar-refractivity contribution in [2.45, 2.75) is 10.3 Å². The normalized spacial score (nSPS) is 10.6. The number of aromatic nitrogens is 6. The Balaban J connectivity index is 2.00. The number of nitrogens with one attached hydrogen (secondary N) is 2. The molecule has 0 atom stereocenters. The summed E-state index contributed by atoms with van der Waals surface area (Å²) in [6.07, 6.45) is 3.87. The second-order valence-corrected chi connectivity index (χ2v) is 5.63. The van der Waals surface area contributed by atoms with E-state index >= 15 is 0 Å². The van der Waals surface area contributed by atoms with Crippen LogP contribution in [0.15, 0.2) is 10.3 Å². The minimum Gasteiger partial charge on any atom is -0.300 e. The van der Waals surface area contributed by atoms with Crippen molar-refractivity contribution >= 4 is 52.8 Å². The van der Waals surface area contributed by atoms with Gasteiger partial charge in [0.2, 0.25) is 11.9 Å². The standard InChI is InChI=1S/C9H14N8S3/c1-16-8(19-3)12-5(14-16)10-7(18)11-6-13-9(20-4)17(2)15-6/h1-4H3,(H2,10,11,14,15,18). The molecule has 0 unspecified atom stereocenters. The Hall–Kier alpha value is -1.33. The van der Waals surface area contributed by atoms with Gasteiger partial charge >= 0.3 is 0 Å². The molecule has 0 bridgehead atoms. The molecular weight excluding hydrogens is 316 g/mol. The highest BCUT2D eigenvalue weighted by atomic mass is 32.2. The van der Waals surface area contributed by atoms with Gasteiger partial charge in [0.25, 0.3) is 0 Å². The largest absolute Gasteiger partial charge is 0.300 e. The number of anilines is 2. The zero-order chi connectivity index (χ0) is 14.7. The first-order valence-electron chi connectivity index (χ1n) is 5.51. The maximum absolute atomic E-state index is 5.18. The van der Waals surface area contributed by atoms with Crippen LogP contribution in [0.5, 0.6) is 0 Å². The molecule has 0 radical (unpaired) electrons. The molecule has 0 aliphatic heterocycles. The number of hydrogen-bond donors (Lipinski definition) is 2. The third-order valence-corrected chi connectivity index (χ3v) is 3.91. The number of hydrogen-bond acceptors (Lipinski definition) is 7. The van der Waals surface area contributed by atoms with Gasteiger partial charge < -0.3 is 0 Å². The second-order valence-electron chi connectivity index (χ2n) is 3.67. The molecule has 2 aromatic heterocycles. The predicted octanol–water partition coefficient (Wildman–Crippen LogP) is 1.20. The molecule has 0 amide bonds. The van der Waals surface area contributed by atoms with Crippen LogP contribution >= 0.6 is 35.7 Å². The number of rotatable bonds is 4. The van der Waals surface area contributed by atoms with Crippen molar-refractivity contribution < 1.29 is 0 Å². The molecule has 0 spiro atoms. The number of thioether (sulfide) groups is 2. The SMILES string of the molecule is CSc1nc(NC(=S)Nc2nc(SC)n(C)n2)nn1C. The average Bonchev–Trinajstić information content (AvgIpc) is 2.91. The quantitative estimate of drug-likeness (QED) is 0.634. The van der Waals surface area contributed by atoms with Crippen molar-refractivity contribution in [1.82, 2.24) is 29.5 Å². The van der Waals surface area contributed by atoms with Gasteiger partial charge in [-0.15, -0.1) is 10.2 Å². The van der Waals surface area contributed by atoms with Gasteiger partial charge in [-0.2, -0.15) is 9.97 Å². The van der Waals surface area contributed by atoms with Crippen LogP contribution in [0, 0.1) is 0 Å². The Labute approximate surface area is 130 Å². The number of nitrogens with zero attached hydrogens (tertiary/aromatic N) is 6. The van der Waals surface area contributed by atoms with Crippen LogP contribution < -0.4 is 10.6 Å². The summed E-state index contributed by atoms with van der Waals surface area (Å²) < 4.78 is 3.36. The lowest BCUT2D eigenvalue weighted by Gasteiger charge is -2.02. The van der Waals surface area contributed by atoms with Crippen molar-refractivity contribution in [3.63, 3.8) is 0 Å². The fourth-order valence-electron chi connectivity index (χ4n) is 1.44. The highest BCUT2D eigenvalue weighted by Crippen LogP contribution is 2.14. The van der Waals surface area contributed by atoms with Crippen LogP contribution in [0.3, 0.4) is 0 Å². The molecule has 2 aromatic rings. The topological polar surface area (TPSA) is 85.5 Å². The van der Waals surface area contributed by atoms with E-state index in [0.29, 0.717) is 17.0 Å². The average molecular weight is 330 g/mol. The lowest BCUT2D eigenvalue weighted by molar-refractivity contribution is 0.687. The van der Waals surface area contributed by atoms with E-state index in [2.05, 4.69) is 30.8 Å². The lowest BCUT2D eigenvalue weighted by Crippen LogP contribution is -2.20. The second kappa shape index (κ2) is 6.41. The van der Waals surface area contributed by atoms with Gasteiger partial charge in [0.1, 0.15) is 0 Å². The summed E-state index contributed by atoms with van der Waals surface area (Å²) in [4.78, 5) is 8.55. The molecule has 0 aliphatic rings. The van der Waals surface area contributed by atoms with E-state index in [1.54, 1.807) is 9.36 Å². The van der Waals surface area contributed by atoms with Crippen molar-refractivity contribution in [1.29, 1.82) is 0 Å². The first kappa shape index (κ1) is 15.1. The van der Waals surface area contributed by atoms with E-state index < -0.39 is 0 Å². The smallest absolute Gasteiger partial charge is 0.249 e. The van der Waals surface area contributed by atoms with Gasteiger partial charge in [-0.1, -0.05) is 23.5 Å². The summed E-state index contributed by atoms with van der Waals surface area (Å²) in [6.45, 7) is 0. The fourth-order valence-corrected chi connectivity index (χ4v) is 2.58. The Morgan fingerprint density at radius 3 is 1.65 bits per heavy atom. The maximum atomic E-state index is 5.18. The monoisotopic (exact) mass is 330 g/mol. The Kier molecular flexibility index (Phi) is 4.83. The minimum atomic E-state index is 0.349. The molecule has 20 heavy (non-hydrogen) atoms. The van der Waals surface area contributed by atoms with Crippen molar-refractivity contribution in [3.05, 3.63) is 0 Å². The van der Waals surface area contributed by atoms with E-state index in [1.165, 1.54) is 23.5 Å². The lowest BCUT2D eigenvalue weighted by atomic mass is 10.8. The van der Waals surface area contributed by atoms with Gasteiger partial charge in [-0.05, 0) is 24.7 Å². The molecule has 108 valence electrons. The highest BCUT2D eigenvalue weighted by Gasteiger charge is 2.10. The highest BCUT2D eigenvalue weighted by molar-refractivity contribution is 7.98. The molecule has 11 heteroatoms. The molecule has 2 rings (SSSR count). The Morgan fingerprint density at radius 1 is 0.950 bits per heavy atom. The third kappa shape index (κ3) is 3.41. The molecular formula is C9H14N8S3. The molecule has 2 heterocycles. The van der Waals surface area contributed by atoms with Crippen LogP contribution in [-0.2, 0) is 14.1 Å². The molecule has 8 nitrogen and oxygen atoms in total. The molecule has 0 aliphatic carbocycles. The van der Waals surface area contributed by atoms with E-state index in [0.717, 1.165) is 10.3 Å². The summed E-state index contributed by atoms with van der Waals surface area (Å²) in [7, 11) is 3.65. The van der Waals surface area contributed by atoms with Crippen LogP contribution in [0.4, 0.5) is 11.9 Å². The van der Waals surface area contributed by atoms with Crippen LogP contribution in [0.25, 0.3) is 0 Å². The first-order valence-corrected chi connectivity index (χ1v) is 8.37. The van der Waals surface area contributed by atoms with E-state index in [-0.39, 0.29) is 0 Å². The van der Waals surface area contributed by atoms with Gasteiger partial charge in [0.05, 0.1) is 0 Å². The predicted molar refractivity (Wildman–Crippen MR) is 85.4 cm³/mol. The summed E-state index contributed by atoms with van der Waals surface area (Å²) in [5, 5.41) is 16.1. The van der Waals surface area contributed by atoms with Crippen LogP contribution in [0.1, 0.15) is 0 Å². The Morgan fingerprint density at radius 2 is 1.35 bits per heavy atom. The molecule has 0 aromatic carbocycles. The molecule has 0 fully saturated rings. The molecule has 0 saturated carbocycles. The summed E-state index contributed by atoms with van der Waals surface area (Å²) >= 11 is 8.20. The summed E-state index contributed by atoms with van der Waals surface area (Å²) in [6, 6.07) is 0. The first-order chi connectivity index (χ1) is 9.53.